The van der Waals surface area contributed by atoms with E-state index in [0.29, 0.717) is 16.9 Å². The molecule has 0 aliphatic heterocycles. The second kappa shape index (κ2) is 11.3. The van der Waals surface area contributed by atoms with Gasteiger partial charge in [-0.1, -0.05) is 18.2 Å². The van der Waals surface area contributed by atoms with Gasteiger partial charge in [-0.3, -0.25) is 9.59 Å². The average molecular weight is 487 g/mol. The van der Waals surface area contributed by atoms with E-state index >= 15 is 0 Å². The molecule has 35 heavy (non-hydrogen) atoms. The maximum atomic E-state index is 14.4. The number of hydrogen-bond acceptors (Lipinski definition) is 5. The lowest BCUT2D eigenvalue weighted by Gasteiger charge is -2.24. The largest absolute Gasteiger partial charge is 0.497 e. The molecule has 0 heterocycles. The van der Waals surface area contributed by atoms with Crippen molar-refractivity contribution in [3.05, 3.63) is 65.0 Å². The van der Waals surface area contributed by atoms with Gasteiger partial charge in [0.1, 0.15) is 17.2 Å². The molecule has 0 unspecified atom stereocenters. The molecule has 0 spiro atoms. The van der Waals surface area contributed by atoms with E-state index < -0.39 is 34.9 Å². The van der Waals surface area contributed by atoms with Gasteiger partial charge >= 0.3 is 6.09 Å². The molecule has 2 rings (SSSR count). The Morgan fingerprint density at radius 3 is 2.20 bits per heavy atom. The average Bonchev–Trinajstić information content (AvgIpc) is 2.72. The molecule has 7 nitrogen and oxygen atoms in total. The summed E-state index contributed by atoms with van der Waals surface area (Å²) in [4.78, 5) is 38.8. The highest BCUT2D eigenvalue weighted by Gasteiger charge is 2.27. The van der Waals surface area contributed by atoms with E-state index in [1.807, 2.05) is 20.8 Å². The fourth-order valence-corrected chi connectivity index (χ4v) is 3.36. The summed E-state index contributed by atoms with van der Waals surface area (Å²) in [6.07, 6.45) is -1.04. The number of ether oxygens (including phenoxy) is 2. The summed E-state index contributed by atoms with van der Waals surface area (Å²) < 4.78 is 24.9. The number of benzene rings is 2. The molecule has 2 aromatic carbocycles. The molecule has 0 bridgehead atoms. The third kappa shape index (κ3) is 9.03. The summed E-state index contributed by atoms with van der Waals surface area (Å²) in [7, 11) is 1.49. The van der Waals surface area contributed by atoms with Crippen molar-refractivity contribution in [3.8, 4) is 5.75 Å². The maximum absolute atomic E-state index is 14.4. The number of halogens is 1. The van der Waals surface area contributed by atoms with Crippen LogP contribution in [0.15, 0.2) is 42.5 Å². The Labute approximate surface area is 206 Å². The van der Waals surface area contributed by atoms with Gasteiger partial charge < -0.3 is 20.1 Å². The van der Waals surface area contributed by atoms with Gasteiger partial charge in [0.15, 0.2) is 5.78 Å². The molecule has 0 aliphatic carbocycles. The normalized spacial score (nSPS) is 12.5. The van der Waals surface area contributed by atoms with Crippen LogP contribution in [-0.4, -0.2) is 42.1 Å². The number of methoxy groups -OCH3 is 1. The number of carbonyl (C=O) groups excluding carboxylic acids is 3. The van der Waals surface area contributed by atoms with Gasteiger partial charge in [0.2, 0.25) is 0 Å². The lowest BCUT2D eigenvalue weighted by atomic mass is 9.94. The molecule has 0 saturated carbocycles. The van der Waals surface area contributed by atoms with Gasteiger partial charge in [-0.25, -0.2) is 9.18 Å². The number of ketones is 1. The SMILES string of the molecule is COc1ccc(C(=O)NC(C)(C)C)c(CC(=O)[C@@H](Cc2ccccc2F)NC(=O)OC(C)(C)C)c1. The minimum absolute atomic E-state index is 0.0712. The first-order valence-corrected chi connectivity index (χ1v) is 11.4. The Hall–Kier alpha value is -3.42. The van der Waals surface area contributed by atoms with Crippen molar-refractivity contribution < 1.29 is 28.2 Å². The highest BCUT2D eigenvalue weighted by molar-refractivity contribution is 5.98. The Bertz CT molecular complexity index is 1070. The number of rotatable bonds is 8. The van der Waals surface area contributed by atoms with Crippen LogP contribution in [0.1, 0.15) is 63.0 Å². The van der Waals surface area contributed by atoms with Crippen LogP contribution in [0, 0.1) is 5.82 Å². The minimum Gasteiger partial charge on any atom is -0.497 e. The van der Waals surface area contributed by atoms with Crippen molar-refractivity contribution in [2.45, 2.75) is 71.6 Å². The lowest BCUT2D eigenvalue weighted by Crippen LogP contribution is -2.45. The highest BCUT2D eigenvalue weighted by Crippen LogP contribution is 2.21. The van der Waals surface area contributed by atoms with Gasteiger partial charge in [0.25, 0.3) is 5.91 Å². The summed E-state index contributed by atoms with van der Waals surface area (Å²) >= 11 is 0. The number of alkyl carbamates (subject to hydrolysis) is 1. The Morgan fingerprint density at radius 1 is 0.971 bits per heavy atom. The molecule has 0 aliphatic rings. The van der Waals surface area contributed by atoms with Crippen LogP contribution in [0.2, 0.25) is 0 Å². The van der Waals surface area contributed by atoms with E-state index in [2.05, 4.69) is 10.6 Å². The molecule has 2 aromatic rings. The summed E-state index contributed by atoms with van der Waals surface area (Å²) in [5.74, 6) is -0.750. The predicted octanol–water partition coefficient (Wildman–Crippen LogP) is 4.61. The molecule has 0 saturated heterocycles. The molecular formula is C27H35FN2O5. The van der Waals surface area contributed by atoms with E-state index in [4.69, 9.17) is 9.47 Å². The van der Waals surface area contributed by atoms with Crippen molar-refractivity contribution in [2.75, 3.05) is 7.11 Å². The molecule has 2 amide bonds. The smallest absolute Gasteiger partial charge is 0.408 e. The molecule has 0 radical (unpaired) electrons. The van der Waals surface area contributed by atoms with Crippen LogP contribution >= 0.6 is 0 Å². The highest BCUT2D eigenvalue weighted by atomic mass is 19.1. The molecule has 0 aromatic heterocycles. The van der Waals surface area contributed by atoms with Crippen molar-refractivity contribution in [2.24, 2.45) is 0 Å². The monoisotopic (exact) mass is 486 g/mol. The molecule has 1 atom stereocenters. The van der Waals surface area contributed by atoms with Crippen LogP contribution in [0.25, 0.3) is 0 Å². The first-order chi connectivity index (χ1) is 16.2. The van der Waals surface area contributed by atoms with Crippen LogP contribution in [0.4, 0.5) is 9.18 Å². The number of Topliss-reactive ketones (excluding diaryl/α,β-unsaturated/α-hetero) is 1. The first kappa shape index (κ1) is 27.8. The van der Waals surface area contributed by atoms with Crippen molar-refractivity contribution >= 4 is 17.8 Å². The summed E-state index contributed by atoms with van der Waals surface area (Å²) in [5.41, 5.74) is -0.236. The number of hydrogen-bond donors (Lipinski definition) is 2. The Kier molecular flexibility index (Phi) is 9.01. The van der Waals surface area contributed by atoms with Crippen LogP contribution < -0.4 is 15.4 Å². The molecular weight excluding hydrogens is 451 g/mol. The predicted molar refractivity (Wildman–Crippen MR) is 132 cm³/mol. The minimum atomic E-state index is -1.08. The van der Waals surface area contributed by atoms with Gasteiger partial charge in [0, 0.05) is 23.9 Å². The summed E-state index contributed by atoms with van der Waals surface area (Å²) in [6.45, 7) is 10.7. The number of nitrogens with one attached hydrogen (secondary N) is 2. The van der Waals surface area contributed by atoms with Gasteiger partial charge in [-0.2, -0.15) is 0 Å². The topological polar surface area (TPSA) is 93.7 Å². The molecule has 0 fully saturated rings. The third-order valence-electron chi connectivity index (χ3n) is 4.87. The van der Waals surface area contributed by atoms with E-state index in [1.54, 1.807) is 57.2 Å². The quantitative estimate of drug-likeness (QED) is 0.568. The lowest BCUT2D eigenvalue weighted by molar-refractivity contribution is -0.120. The molecule has 2 N–H and O–H groups in total. The van der Waals surface area contributed by atoms with Crippen LogP contribution in [0.5, 0.6) is 5.75 Å². The van der Waals surface area contributed by atoms with Crippen molar-refractivity contribution in [1.29, 1.82) is 0 Å². The van der Waals surface area contributed by atoms with E-state index in [1.165, 1.54) is 13.2 Å². The van der Waals surface area contributed by atoms with E-state index in [0.717, 1.165) is 0 Å². The zero-order valence-corrected chi connectivity index (χ0v) is 21.5. The second-order valence-corrected chi connectivity index (χ2v) is 10.4. The second-order valence-electron chi connectivity index (χ2n) is 10.4. The summed E-state index contributed by atoms with van der Waals surface area (Å²) in [6, 6.07) is 9.82. The van der Waals surface area contributed by atoms with Gasteiger partial charge in [-0.15, -0.1) is 0 Å². The van der Waals surface area contributed by atoms with E-state index in [-0.39, 0.29) is 24.3 Å². The van der Waals surface area contributed by atoms with Gasteiger partial charge in [0.05, 0.1) is 13.2 Å². The molecule has 190 valence electrons. The summed E-state index contributed by atoms with van der Waals surface area (Å²) in [5, 5.41) is 5.47. The molecule has 8 heteroatoms. The first-order valence-electron chi connectivity index (χ1n) is 11.4. The zero-order valence-electron chi connectivity index (χ0n) is 21.5. The van der Waals surface area contributed by atoms with Crippen LogP contribution in [0.3, 0.4) is 0 Å². The standard InChI is InChI=1S/C27H35FN2O5/c1-26(2,3)30-24(32)20-13-12-19(34-7)14-18(20)16-23(31)22(29-25(33)35-27(4,5)6)15-17-10-8-9-11-21(17)28/h8-14,22H,15-16H2,1-7H3,(H,29,33)(H,30,32)/t22-/m1/s1. The van der Waals surface area contributed by atoms with Crippen molar-refractivity contribution in [3.63, 3.8) is 0 Å². The number of amides is 2. The van der Waals surface area contributed by atoms with Crippen LogP contribution in [-0.2, 0) is 22.4 Å². The fraction of sp³-hybridized carbons (Fsp3) is 0.444. The Balaban J connectivity index is 2.37. The Morgan fingerprint density at radius 2 is 1.63 bits per heavy atom. The maximum Gasteiger partial charge on any atom is 0.408 e. The fourth-order valence-electron chi connectivity index (χ4n) is 3.36. The van der Waals surface area contributed by atoms with E-state index in [9.17, 15) is 18.8 Å². The van der Waals surface area contributed by atoms with Gasteiger partial charge in [-0.05, 0) is 76.9 Å². The van der Waals surface area contributed by atoms with Crippen molar-refractivity contribution in [1.82, 2.24) is 10.6 Å². The zero-order chi connectivity index (χ0) is 26.4. The number of carbonyl (C=O) groups is 3. The third-order valence-corrected chi connectivity index (χ3v) is 4.87.